The number of hydrogen-bond acceptors (Lipinski definition) is 2. The molecule has 0 saturated carbocycles. The maximum Gasteiger partial charge on any atom is 0.137 e. The van der Waals surface area contributed by atoms with E-state index in [0.717, 1.165) is 72.4 Å². The molecule has 0 N–H and O–H groups in total. The van der Waals surface area contributed by atoms with Gasteiger partial charge < -0.3 is 13.9 Å². The first-order chi connectivity index (χ1) is 27.3. The molecular formula is C52H34N2O. The van der Waals surface area contributed by atoms with Gasteiger partial charge in [0.15, 0.2) is 0 Å². The van der Waals surface area contributed by atoms with Crippen LogP contribution in [0, 0.1) is 0 Å². The van der Waals surface area contributed by atoms with Crippen molar-refractivity contribution in [1.82, 2.24) is 4.57 Å². The van der Waals surface area contributed by atoms with Crippen molar-refractivity contribution < 1.29 is 4.42 Å². The van der Waals surface area contributed by atoms with Crippen molar-refractivity contribution in [3.63, 3.8) is 0 Å². The van der Waals surface area contributed by atoms with Crippen LogP contribution in [0.25, 0.3) is 82.5 Å². The van der Waals surface area contributed by atoms with Crippen LogP contribution in [0.1, 0.15) is 0 Å². The topological polar surface area (TPSA) is 21.3 Å². The predicted octanol–water partition coefficient (Wildman–Crippen LogP) is 14.6. The molecule has 3 nitrogen and oxygen atoms in total. The van der Waals surface area contributed by atoms with E-state index in [1.807, 2.05) is 6.07 Å². The largest absolute Gasteiger partial charge is 0.456 e. The molecule has 2 aromatic heterocycles. The molecule has 0 atom stereocenters. The first-order valence-corrected chi connectivity index (χ1v) is 18.8. The first-order valence-electron chi connectivity index (χ1n) is 18.8. The molecule has 0 fully saturated rings. The lowest BCUT2D eigenvalue weighted by Crippen LogP contribution is -2.14. The molecule has 0 saturated heterocycles. The molecule has 0 aliphatic heterocycles. The molecule has 0 unspecified atom stereocenters. The molecule has 0 radical (unpaired) electrons. The van der Waals surface area contributed by atoms with Gasteiger partial charge in [-0.25, -0.2) is 0 Å². The highest BCUT2D eigenvalue weighted by Gasteiger charge is 2.26. The van der Waals surface area contributed by atoms with E-state index in [2.05, 4.69) is 210 Å². The van der Waals surface area contributed by atoms with Gasteiger partial charge in [-0.1, -0.05) is 158 Å². The minimum atomic E-state index is 0.851. The number of aromatic nitrogens is 1. The van der Waals surface area contributed by atoms with Crippen molar-refractivity contribution >= 4 is 71.6 Å². The van der Waals surface area contributed by atoms with Crippen LogP contribution in [0.4, 0.5) is 17.1 Å². The van der Waals surface area contributed by atoms with Crippen molar-refractivity contribution in [2.24, 2.45) is 0 Å². The van der Waals surface area contributed by atoms with Gasteiger partial charge in [0.05, 0.1) is 39.2 Å². The Morgan fingerprint density at radius 1 is 0.364 bits per heavy atom. The summed E-state index contributed by atoms with van der Waals surface area (Å²) in [4.78, 5) is 2.47. The van der Waals surface area contributed by atoms with E-state index in [9.17, 15) is 0 Å². The average molecular weight is 703 g/mol. The summed E-state index contributed by atoms with van der Waals surface area (Å²) in [5.41, 5.74) is 12.9. The fourth-order valence-electron chi connectivity index (χ4n) is 8.58. The SMILES string of the molecule is c1ccc(-c2ccc(-c3cccc4ccccc34)cc2N(c2ccccc2-n2c3ccccc3c3ccccc32)c2cccc3oc4ccccc4c23)cc1. The highest BCUT2D eigenvalue weighted by molar-refractivity contribution is 6.15. The Hall–Kier alpha value is -7.36. The van der Waals surface area contributed by atoms with Crippen LogP contribution >= 0.6 is 0 Å². The van der Waals surface area contributed by atoms with Crippen LogP contribution in [0.3, 0.4) is 0 Å². The first kappa shape index (κ1) is 31.2. The van der Waals surface area contributed by atoms with Crippen LogP contribution in [-0.2, 0) is 0 Å². The summed E-state index contributed by atoms with van der Waals surface area (Å²) in [5.74, 6) is 0. The number of furan rings is 1. The van der Waals surface area contributed by atoms with Gasteiger partial charge in [-0.2, -0.15) is 0 Å². The monoisotopic (exact) mass is 702 g/mol. The average Bonchev–Trinajstić information content (AvgIpc) is 3.80. The highest BCUT2D eigenvalue weighted by Crippen LogP contribution is 2.49. The highest BCUT2D eigenvalue weighted by atomic mass is 16.3. The van der Waals surface area contributed by atoms with E-state index >= 15 is 0 Å². The molecule has 9 aromatic carbocycles. The zero-order chi connectivity index (χ0) is 36.3. The zero-order valence-electron chi connectivity index (χ0n) is 29.9. The van der Waals surface area contributed by atoms with Gasteiger partial charge in [0.2, 0.25) is 0 Å². The molecule has 11 aromatic rings. The van der Waals surface area contributed by atoms with Crippen LogP contribution < -0.4 is 4.90 Å². The van der Waals surface area contributed by atoms with Gasteiger partial charge in [-0.15, -0.1) is 0 Å². The third kappa shape index (κ3) is 4.98. The number of nitrogens with zero attached hydrogens (tertiary/aromatic N) is 2. The maximum atomic E-state index is 6.56. The minimum absolute atomic E-state index is 0.851. The van der Waals surface area contributed by atoms with Gasteiger partial charge >= 0.3 is 0 Å². The molecule has 0 amide bonds. The molecule has 258 valence electrons. The smallest absolute Gasteiger partial charge is 0.137 e. The Kier molecular flexibility index (Phi) is 7.17. The second-order valence-electron chi connectivity index (χ2n) is 14.1. The Labute approximate surface area is 318 Å². The van der Waals surface area contributed by atoms with Crippen molar-refractivity contribution in [1.29, 1.82) is 0 Å². The van der Waals surface area contributed by atoms with Gasteiger partial charge in [0, 0.05) is 21.7 Å². The molecule has 55 heavy (non-hydrogen) atoms. The third-order valence-electron chi connectivity index (χ3n) is 11.0. The van der Waals surface area contributed by atoms with E-state index < -0.39 is 0 Å². The summed E-state index contributed by atoms with van der Waals surface area (Å²) in [6, 6.07) is 74.1. The Morgan fingerprint density at radius 2 is 0.964 bits per heavy atom. The fourth-order valence-corrected chi connectivity index (χ4v) is 8.58. The lowest BCUT2D eigenvalue weighted by atomic mass is 9.94. The standard InChI is InChI=1S/C52H34N2O/c1-2-16-36(17-3-1)40-33-32-37(39-24-14-19-35-18-4-5-20-38(35)39)34-49(40)54(48-29-15-31-51-52(48)43-23-8-13-30-50(43)55-51)47-28-12-11-27-46(47)53-44-25-9-6-21-41(44)42-22-7-10-26-45(42)53/h1-34H. The summed E-state index contributed by atoms with van der Waals surface area (Å²) < 4.78 is 8.98. The van der Waals surface area contributed by atoms with Crippen LogP contribution in [0.15, 0.2) is 211 Å². The van der Waals surface area contributed by atoms with Crippen LogP contribution in [-0.4, -0.2) is 4.57 Å². The predicted molar refractivity (Wildman–Crippen MR) is 231 cm³/mol. The summed E-state index contributed by atoms with van der Waals surface area (Å²) >= 11 is 0. The van der Waals surface area contributed by atoms with E-state index in [1.54, 1.807) is 0 Å². The number of para-hydroxylation sites is 5. The number of benzene rings is 9. The molecular weight excluding hydrogens is 669 g/mol. The molecule has 11 rings (SSSR count). The maximum absolute atomic E-state index is 6.56. The molecule has 0 aliphatic carbocycles. The van der Waals surface area contributed by atoms with Crippen molar-refractivity contribution in [2.45, 2.75) is 0 Å². The van der Waals surface area contributed by atoms with E-state index in [-0.39, 0.29) is 0 Å². The third-order valence-corrected chi connectivity index (χ3v) is 11.0. The molecule has 0 aliphatic rings. The van der Waals surface area contributed by atoms with Crippen molar-refractivity contribution in [3.05, 3.63) is 206 Å². The number of anilines is 3. The lowest BCUT2D eigenvalue weighted by molar-refractivity contribution is 0.669. The van der Waals surface area contributed by atoms with E-state index in [1.165, 1.54) is 27.1 Å². The minimum Gasteiger partial charge on any atom is -0.456 e. The molecule has 2 heterocycles. The number of rotatable bonds is 6. The second-order valence-corrected chi connectivity index (χ2v) is 14.1. The van der Waals surface area contributed by atoms with E-state index in [0.29, 0.717) is 0 Å². The zero-order valence-corrected chi connectivity index (χ0v) is 29.9. The normalized spacial score (nSPS) is 11.6. The quantitative estimate of drug-likeness (QED) is 0.172. The van der Waals surface area contributed by atoms with Gasteiger partial charge in [-0.05, 0) is 76.0 Å². The summed E-state index contributed by atoms with van der Waals surface area (Å²) in [6.45, 7) is 0. The fraction of sp³-hybridized carbons (Fsp3) is 0. The Bertz CT molecular complexity index is 3170. The lowest BCUT2D eigenvalue weighted by Gasteiger charge is -2.31. The number of fused-ring (bicyclic) bond motifs is 7. The van der Waals surface area contributed by atoms with Gasteiger partial charge in [0.1, 0.15) is 11.2 Å². The second kappa shape index (κ2) is 12.6. The molecule has 0 bridgehead atoms. The van der Waals surface area contributed by atoms with Crippen LogP contribution in [0.2, 0.25) is 0 Å². The summed E-state index contributed by atoms with van der Waals surface area (Å²) in [6.07, 6.45) is 0. The van der Waals surface area contributed by atoms with Crippen molar-refractivity contribution in [3.8, 4) is 27.9 Å². The number of hydrogen-bond donors (Lipinski definition) is 0. The van der Waals surface area contributed by atoms with Crippen molar-refractivity contribution in [2.75, 3.05) is 4.90 Å². The Balaban J connectivity index is 1.28. The molecule has 0 spiro atoms. The molecule has 3 heteroatoms. The summed E-state index contributed by atoms with van der Waals surface area (Å²) in [5, 5.41) is 7.06. The van der Waals surface area contributed by atoms with E-state index in [4.69, 9.17) is 4.42 Å². The summed E-state index contributed by atoms with van der Waals surface area (Å²) in [7, 11) is 0. The van der Waals surface area contributed by atoms with Gasteiger partial charge in [-0.3, -0.25) is 0 Å². The van der Waals surface area contributed by atoms with Crippen LogP contribution in [0.5, 0.6) is 0 Å². The van der Waals surface area contributed by atoms with Gasteiger partial charge in [0.25, 0.3) is 0 Å². The Morgan fingerprint density at radius 3 is 1.78 bits per heavy atom.